The lowest BCUT2D eigenvalue weighted by Crippen LogP contribution is -2.57. The van der Waals surface area contributed by atoms with E-state index in [2.05, 4.69) is 37.8 Å². The molecule has 0 radical (unpaired) electrons. The van der Waals surface area contributed by atoms with Crippen molar-refractivity contribution in [3.05, 3.63) is 36.5 Å². The van der Waals surface area contributed by atoms with E-state index in [-0.39, 0.29) is 5.60 Å². The summed E-state index contributed by atoms with van der Waals surface area (Å²) in [6.07, 6.45) is 17.3. The summed E-state index contributed by atoms with van der Waals surface area (Å²) in [4.78, 5) is 12.1. The van der Waals surface area contributed by atoms with E-state index in [1.165, 1.54) is 31.3 Å². The van der Waals surface area contributed by atoms with E-state index in [1.54, 1.807) is 0 Å². The molecule has 1 heterocycles. The summed E-state index contributed by atoms with van der Waals surface area (Å²) in [5, 5.41) is 0. The Morgan fingerprint density at radius 3 is 2.96 bits per heavy atom. The zero-order chi connectivity index (χ0) is 18.4. The molecule has 2 nitrogen and oxygen atoms in total. The molecule has 27 heavy (non-hydrogen) atoms. The second-order valence-electron chi connectivity index (χ2n) is 10.2. The molecule has 0 amide bonds. The van der Waals surface area contributed by atoms with Crippen molar-refractivity contribution in [1.82, 2.24) is 0 Å². The molecule has 0 aromatic rings. The van der Waals surface area contributed by atoms with Crippen LogP contribution in [0.1, 0.15) is 51.9 Å². The average Bonchev–Trinajstić information content (AvgIpc) is 3.26. The van der Waals surface area contributed by atoms with Crippen molar-refractivity contribution in [2.75, 3.05) is 6.61 Å². The summed E-state index contributed by atoms with van der Waals surface area (Å²) < 4.78 is 6.59. The number of carbonyl (C=O) groups is 1. The maximum absolute atomic E-state index is 12.1. The van der Waals surface area contributed by atoms with Crippen LogP contribution in [0.15, 0.2) is 36.5 Å². The third-order valence-electron chi connectivity index (χ3n) is 9.77. The molecule has 0 aromatic carbocycles. The normalized spacial score (nSPS) is 54.8. The van der Waals surface area contributed by atoms with E-state index < -0.39 is 0 Å². The van der Waals surface area contributed by atoms with Crippen LogP contribution in [0.25, 0.3) is 0 Å². The lowest BCUT2D eigenvalue weighted by Gasteiger charge is -2.59. The van der Waals surface area contributed by atoms with Gasteiger partial charge in [-0.05, 0) is 73.5 Å². The maximum Gasteiger partial charge on any atom is 0.136 e. The maximum atomic E-state index is 12.1. The number of hydrogen-bond donors (Lipinski definition) is 0. The van der Waals surface area contributed by atoms with E-state index >= 15 is 0 Å². The van der Waals surface area contributed by atoms with Crippen LogP contribution in [-0.4, -0.2) is 18.0 Å². The molecule has 4 fully saturated rings. The van der Waals surface area contributed by atoms with Crippen molar-refractivity contribution < 1.29 is 9.53 Å². The predicted molar refractivity (Wildman–Crippen MR) is 106 cm³/mol. The van der Waals surface area contributed by atoms with Crippen LogP contribution < -0.4 is 0 Å². The number of ether oxygens (including phenoxy) is 1. The largest absolute Gasteiger partial charge is 0.366 e. The molecule has 1 aliphatic heterocycles. The highest BCUT2D eigenvalue weighted by Gasteiger charge is 2.77. The number of hydrogen-bond acceptors (Lipinski definition) is 2. The lowest BCUT2D eigenvalue weighted by molar-refractivity contribution is -0.145. The second-order valence-corrected chi connectivity index (χ2v) is 10.2. The number of carbonyl (C=O) groups excluding carboxylic acids is 1. The fraction of sp³-hybridized carbons (Fsp3) is 0.720. The van der Waals surface area contributed by atoms with Crippen molar-refractivity contribution in [1.29, 1.82) is 0 Å². The molecule has 9 atom stereocenters. The van der Waals surface area contributed by atoms with Gasteiger partial charge in [-0.2, -0.15) is 0 Å². The zero-order valence-corrected chi connectivity index (χ0v) is 16.5. The van der Waals surface area contributed by atoms with Crippen LogP contribution in [0.2, 0.25) is 0 Å². The predicted octanol–water partition coefficient (Wildman–Crippen LogP) is 5.11. The minimum atomic E-state index is 0.0281. The van der Waals surface area contributed by atoms with Crippen molar-refractivity contribution >= 4 is 5.78 Å². The number of fused-ring (bicyclic) bond motifs is 9. The van der Waals surface area contributed by atoms with E-state index in [9.17, 15) is 4.79 Å². The van der Waals surface area contributed by atoms with E-state index in [4.69, 9.17) is 4.74 Å². The fourth-order valence-electron chi connectivity index (χ4n) is 8.93. The molecule has 0 aromatic heterocycles. The number of ketones is 1. The lowest BCUT2D eigenvalue weighted by atomic mass is 9.46. The standard InChI is InChI=1S/C25H32O2/c1-3-15-12-16-13-17(26)6-7-18(16)19-8-10-24(4-2)23(22(15)19)20-14-21(20)25(24)9-5-11-27-25/h3,5,9,12,15,18-23H,1,4,6-8,10-11,13-14H2,2H3/t15?,18-,19?,20+,21-,22?,23?,24-,25-/m0/s1. The number of Topliss-reactive ketones (excluding diaryl/α,β-unsaturated/α-hetero) is 1. The quantitative estimate of drug-likeness (QED) is 0.636. The summed E-state index contributed by atoms with van der Waals surface area (Å²) >= 11 is 0. The fourth-order valence-corrected chi connectivity index (χ4v) is 8.93. The molecule has 0 bridgehead atoms. The minimum Gasteiger partial charge on any atom is -0.366 e. The van der Waals surface area contributed by atoms with Gasteiger partial charge in [0.15, 0.2) is 0 Å². The molecule has 144 valence electrons. The highest BCUT2D eigenvalue weighted by molar-refractivity contribution is 5.82. The van der Waals surface area contributed by atoms with Crippen molar-refractivity contribution in [3.8, 4) is 0 Å². The van der Waals surface area contributed by atoms with E-state index in [0.717, 1.165) is 43.1 Å². The third-order valence-corrected chi connectivity index (χ3v) is 9.77. The van der Waals surface area contributed by atoms with Gasteiger partial charge in [-0.15, -0.1) is 6.58 Å². The van der Waals surface area contributed by atoms with Crippen LogP contribution in [0.5, 0.6) is 0 Å². The average molecular weight is 365 g/mol. The Bertz CT molecular complexity index is 762. The van der Waals surface area contributed by atoms with Crippen molar-refractivity contribution in [2.45, 2.75) is 57.5 Å². The Morgan fingerprint density at radius 2 is 2.22 bits per heavy atom. The van der Waals surface area contributed by atoms with Gasteiger partial charge >= 0.3 is 0 Å². The highest BCUT2D eigenvalue weighted by Crippen LogP contribution is 2.78. The van der Waals surface area contributed by atoms with Crippen LogP contribution in [0, 0.1) is 46.8 Å². The molecule has 2 heteroatoms. The summed E-state index contributed by atoms with van der Waals surface area (Å²) in [7, 11) is 0. The minimum absolute atomic E-state index is 0.0281. The topological polar surface area (TPSA) is 26.3 Å². The van der Waals surface area contributed by atoms with Crippen molar-refractivity contribution in [3.63, 3.8) is 0 Å². The molecular weight excluding hydrogens is 332 g/mol. The van der Waals surface area contributed by atoms with Gasteiger partial charge in [0.25, 0.3) is 0 Å². The number of rotatable bonds is 2. The Morgan fingerprint density at radius 1 is 1.33 bits per heavy atom. The second kappa shape index (κ2) is 5.47. The summed E-state index contributed by atoms with van der Waals surface area (Å²) in [6.45, 7) is 7.48. The monoisotopic (exact) mass is 364 g/mol. The first-order chi connectivity index (χ1) is 13.1. The van der Waals surface area contributed by atoms with Crippen LogP contribution in [0.4, 0.5) is 0 Å². The molecule has 5 aliphatic carbocycles. The van der Waals surface area contributed by atoms with Crippen LogP contribution in [0.3, 0.4) is 0 Å². The smallest absolute Gasteiger partial charge is 0.136 e. The zero-order valence-electron chi connectivity index (χ0n) is 16.5. The Kier molecular flexibility index (Phi) is 3.40. The van der Waals surface area contributed by atoms with Crippen LogP contribution in [-0.2, 0) is 9.53 Å². The molecule has 6 rings (SSSR count). The van der Waals surface area contributed by atoms with Gasteiger partial charge in [-0.3, -0.25) is 4.79 Å². The third kappa shape index (κ3) is 1.89. The molecule has 0 saturated heterocycles. The summed E-state index contributed by atoms with van der Waals surface area (Å²) in [5.74, 6) is 5.40. The van der Waals surface area contributed by atoms with Gasteiger partial charge < -0.3 is 4.74 Å². The SMILES string of the molecule is C=CC1C=C2CC(=O)CC[C@@H]2C2CC[C@@]3(CC)C(C12)[C@@H]1C[C@@H]1[C@@]31C=CCO1. The van der Waals surface area contributed by atoms with Crippen molar-refractivity contribution in [2.24, 2.45) is 46.8 Å². The first kappa shape index (κ1) is 16.8. The molecule has 0 N–H and O–H groups in total. The Hall–Kier alpha value is -1.15. The number of allylic oxidation sites excluding steroid dienone is 3. The van der Waals surface area contributed by atoms with Gasteiger partial charge in [-0.25, -0.2) is 0 Å². The molecule has 6 aliphatic rings. The molecular formula is C25H32O2. The Balaban J connectivity index is 1.46. The Labute approximate surface area is 163 Å². The van der Waals surface area contributed by atoms with E-state index in [0.29, 0.717) is 35.4 Å². The first-order valence-corrected chi connectivity index (χ1v) is 11.3. The van der Waals surface area contributed by atoms with Gasteiger partial charge in [0.1, 0.15) is 5.78 Å². The van der Waals surface area contributed by atoms with E-state index in [1.807, 2.05) is 0 Å². The highest BCUT2D eigenvalue weighted by atomic mass is 16.5. The molecule has 4 unspecified atom stereocenters. The van der Waals surface area contributed by atoms with Gasteiger partial charge in [0, 0.05) is 18.3 Å². The van der Waals surface area contributed by atoms with Gasteiger partial charge in [0.05, 0.1) is 12.2 Å². The first-order valence-electron chi connectivity index (χ1n) is 11.3. The summed E-state index contributed by atoms with van der Waals surface area (Å²) in [5.41, 5.74) is 1.81. The summed E-state index contributed by atoms with van der Waals surface area (Å²) in [6, 6.07) is 0. The van der Waals surface area contributed by atoms with Gasteiger partial charge in [-0.1, -0.05) is 36.8 Å². The van der Waals surface area contributed by atoms with Gasteiger partial charge in [0.2, 0.25) is 0 Å². The van der Waals surface area contributed by atoms with Crippen LogP contribution >= 0.6 is 0 Å². The molecule has 1 spiro atoms. The molecule has 4 saturated carbocycles.